The molecular weight excluding hydrogens is 432 g/mol. The van der Waals surface area contributed by atoms with Crippen molar-refractivity contribution in [1.29, 1.82) is 0 Å². The third kappa shape index (κ3) is 5.58. The van der Waals surface area contributed by atoms with Gasteiger partial charge in [-0.1, -0.05) is 55.5 Å². The van der Waals surface area contributed by atoms with Crippen molar-refractivity contribution in [2.45, 2.75) is 51.0 Å². The predicted octanol–water partition coefficient (Wildman–Crippen LogP) is 4.31. The minimum Gasteiger partial charge on any atom is -0.481 e. The lowest BCUT2D eigenvalue weighted by molar-refractivity contribution is -0.137. The Hall–Kier alpha value is -3.35. The number of carboxylic acids is 1. The normalized spacial score (nSPS) is 19.3. The number of carboxylic acid groups (broad SMARTS) is 1. The second kappa shape index (κ2) is 10.7. The summed E-state index contributed by atoms with van der Waals surface area (Å²) in [7, 11) is 0. The minimum absolute atomic E-state index is 0.0396. The molecule has 4 rings (SSSR count). The summed E-state index contributed by atoms with van der Waals surface area (Å²) >= 11 is 0. The number of benzene rings is 2. The number of hydrogen-bond donors (Lipinski definition) is 3. The fourth-order valence-electron chi connectivity index (χ4n) is 5.14. The SMILES string of the molecule is CCC(CC(=O)O)NC(=O)CC1CC(CNC(=O)OCC2c3ccccc3-c3ccccc32)C1. The molecule has 1 saturated carbocycles. The van der Waals surface area contributed by atoms with Gasteiger partial charge in [0.15, 0.2) is 0 Å². The van der Waals surface area contributed by atoms with Gasteiger partial charge >= 0.3 is 12.1 Å². The lowest BCUT2D eigenvalue weighted by Crippen LogP contribution is -2.41. The summed E-state index contributed by atoms with van der Waals surface area (Å²) < 4.78 is 5.58. The molecule has 2 aliphatic carbocycles. The van der Waals surface area contributed by atoms with E-state index in [-0.39, 0.29) is 30.2 Å². The zero-order valence-electron chi connectivity index (χ0n) is 19.5. The molecule has 3 N–H and O–H groups in total. The summed E-state index contributed by atoms with van der Waals surface area (Å²) in [6, 6.07) is 16.2. The van der Waals surface area contributed by atoms with Gasteiger partial charge in [-0.05, 0) is 53.4 Å². The summed E-state index contributed by atoms with van der Waals surface area (Å²) in [5.74, 6) is -0.357. The van der Waals surface area contributed by atoms with Crippen LogP contribution in [0, 0.1) is 11.8 Å². The molecule has 2 aliphatic rings. The van der Waals surface area contributed by atoms with Crippen molar-refractivity contribution in [1.82, 2.24) is 10.6 Å². The number of amides is 2. The molecule has 0 radical (unpaired) electrons. The van der Waals surface area contributed by atoms with E-state index in [4.69, 9.17) is 9.84 Å². The first-order chi connectivity index (χ1) is 16.4. The maximum Gasteiger partial charge on any atom is 0.407 e. The van der Waals surface area contributed by atoms with E-state index in [0.717, 1.165) is 12.8 Å². The van der Waals surface area contributed by atoms with Gasteiger partial charge in [0.25, 0.3) is 0 Å². The van der Waals surface area contributed by atoms with E-state index >= 15 is 0 Å². The van der Waals surface area contributed by atoms with Crippen LogP contribution in [0.4, 0.5) is 4.79 Å². The van der Waals surface area contributed by atoms with Crippen molar-refractivity contribution in [2.24, 2.45) is 11.8 Å². The Labute approximate surface area is 199 Å². The van der Waals surface area contributed by atoms with Gasteiger partial charge in [-0.2, -0.15) is 0 Å². The fraction of sp³-hybridized carbons (Fsp3) is 0.444. The van der Waals surface area contributed by atoms with Crippen molar-refractivity contribution < 1.29 is 24.2 Å². The van der Waals surface area contributed by atoms with E-state index in [1.165, 1.54) is 22.3 Å². The highest BCUT2D eigenvalue weighted by atomic mass is 16.5. The van der Waals surface area contributed by atoms with Crippen molar-refractivity contribution in [3.05, 3.63) is 59.7 Å². The maximum absolute atomic E-state index is 12.3. The minimum atomic E-state index is -0.907. The van der Waals surface area contributed by atoms with Crippen LogP contribution < -0.4 is 10.6 Å². The number of hydrogen-bond acceptors (Lipinski definition) is 4. The van der Waals surface area contributed by atoms with Crippen LogP contribution in [-0.2, 0) is 14.3 Å². The van der Waals surface area contributed by atoms with Crippen LogP contribution in [0.3, 0.4) is 0 Å². The Balaban J connectivity index is 1.17. The van der Waals surface area contributed by atoms with Crippen molar-refractivity contribution in [3.8, 4) is 11.1 Å². The van der Waals surface area contributed by atoms with Crippen LogP contribution in [0.5, 0.6) is 0 Å². The van der Waals surface area contributed by atoms with Gasteiger partial charge in [-0.25, -0.2) is 4.79 Å². The second-order valence-electron chi connectivity index (χ2n) is 9.38. The molecule has 0 spiro atoms. The first-order valence-corrected chi connectivity index (χ1v) is 12.0. The quantitative estimate of drug-likeness (QED) is 0.486. The van der Waals surface area contributed by atoms with E-state index in [2.05, 4.69) is 34.9 Å². The number of aliphatic carboxylic acids is 1. The topological polar surface area (TPSA) is 105 Å². The van der Waals surface area contributed by atoms with E-state index in [9.17, 15) is 14.4 Å². The van der Waals surface area contributed by atoms with Gasteiger partial charge in [0.2, 0.25) is 5.91 Å². The van der Waals surface area contributed by atoms with Crippen LogP contribution in [0.15, 0.2) is 48.5 Å². The van der Waals surface area contributed by atoms with Gasteiger partial charge in [0, 0.05) is 24.9 Å². The number of carbonyl (C=O) groups excluding carboxylic acids is 2. The molecule has 0 saturated heterocycles. The fourth-order valence-corrected chi connectivity index (χ4v) is 5.14. The molecule has 1 atom stereocenters. The van der Waals surface area contributed by atoms with Crippen LogP contribution in [0.1, 0.15) is 56.1 Å². The lowest BCUT2D eigenvalue weighted by atomic mass is 9.73. The molecule has 7 heteroatoms. The van der Waals surface area contributed by atoms with Crippen molar-refractivity contribution in [3.63, 3.8) is 0 Å². The van der Waals surface area contributed by atoms with Gasteiger partial charge in [-0.3, -0.25) is 9.59 Å². The van der Waals surface area contributed by atoms with Crippen LogP contribution in [-0.4, -0.2) is 42.3 Å². The monoisotopic (exact) mass is 464 g/mol. The lowest BCUT2D eigenvalue weighted by Gasteiger charge is -2.35. The van der Waals surface area contributed by atoms with E-state index in [0.29, 0.717) is 31.9 Å². The largest absolute Gasteiger partial charge is 0.481 e. The van der Waals surface area contributed by atoms with Gasteiger partial charge in [0.05, 0.1) is 6.42 Å². The van der Waals surface area contributed by atoms with Gasteiger partial charge in [0.1, 0.15) is 6.61 Å². The average molecular weight is 465 g/mol. The smallest absolute Gasteiger partial charge is 0.407 e. The van der Waals surface area contributed by atoms with Crippen molar-refractivity contribution >= 4 is 18.0 Å². The molecule has 0 aromatic heterocycles. The Morgan fingerprint density at radius 2 is 1.62 bits per heavy atom. The third-order valence-electron chi connectivity index (χ3n) is 6.97. The average Bonchev–Trinajstić information content (AvgIpc) is 3.12. The summed E-state index contributed by atoms with van der Waals surface area (Å²) in [5.41, 5.74) is 4.77. The molecule has 1 unspecified atom stereocenters. The summed E-state index contributed by atoms with van der Waals surface area (Å²) in [6.07, 6.45) is 2.26. The zero-order chi connectivity index (χ0) is 24.1. The predicted molar refractivity (Wildman–Crippen MR) is 128 cm³/mol. The number of alkyl carbamates (subject to hydrolysis) is 1. The first-order valence-electron chi connectivity index (χ1n) is 12.0. The zero-order valence-corrected chi connectivity index (χ0v) is 19.5. The van der Waals surface area contributed by atoms with Crippen LogP contribution >= 0.6 is 0 Å². The summed E-state index contributed by atoms with van der Waals surface area (Å²) in [6.45, 7) is 2.69. The van der Waals surface area contributed by atoms with Gasteiger partial charge in [-0.15, -0.1) is 0 Å². The van der Waals surface area contributed by atoms with Crippen molar-refractivity contribution in [2.75, 3.05) is 13.2 Å². The molecule has 180 valence electrons. The number of rotatable bonds is 10. The Morgan fingerprint density at radius 3 is 2.21 bits per heavy atom. The molecule has 2 aromatic carbocycles. The highest BCUT2D eigenvalue weighted by Gasteiger charge is 2.32. The Bertz CT molecular complexity index is 1000. The number of ether oxygens (including phenoxy) is 1. The van der Waals surface area contributed by atoms with Crippen LogP contribution in [0.2, 0.25) is 0 Å². The van der Waals surface area contributed by atoms with E-state index < -0.39 is 12.1 Å². The highest BCUT2D eigenvalue weighted by Crippen LogP contribution is 2.44. The van der Waals surface area contributed by atoms with Crippen LogP contribution in [0.25, 0.3) is 11.1 Å². The number of carbonyl (C=O) groups is 3. The molecule has 2 amide bonds. The molecule has 0 bridgehead atoms. The molecule has 7 nitrogen and oxygen atoms in total. The van der Waals surface area contributed by atoms with E-state index in [1.54, 1.807) is 0 Å². The molecule has 2 aromatic rings. The number of fused-ring (bicyclic) bond motifs is 3. The summed E-state index contributed by atoms with van der Waals surface area (Å²) in [4.78, 5) is 35.3. The summed E-state index contributed by atoms with van der Waals surface area (Å²) in [5, 5.41) is 14.6. The molecule has 0 heterocycles. The highest BCUT2D eigenvalue weighted by molar-refractivity contribution is 5.79. The molecule has 0 aliphatic heterocycles. The molecular formula is C27H32N2O5. The second-order valence-corrected chi connectivity index (χ2v) is 9.38. The van der Waals surface area contributed by atoms with Gasteiger partial charge < -0.3 is 20.5 Å². The maximum atomic E-state index is 12.3. The third-order valence-corrected chi connectivity index (χ3v) is 6.97. The Morgan fingerprint density at radius 1 is 1.00 bits per heavy atom. The molecule has 1 fully saturated rings. The van der Waals surface area contributed by atoms with E-state index in [1.807, 2.05) is 31.2 Å². The first kappa shape index (κ1) is 23.8. The number of nitrogens with one attached hydrogen (secondary N) is 2. The molecule has 34 heavy (non-hydrogen) atoms. The standard InChI is InChI=1S/C27H32N2O5/c1-2-19(14-26(31)32)29-25(30)13-17-11-18(12-17)15-28-27(33)34-16-24-22-9-5-3-7-20(22)21-8-4-6-10-23(21)24/h3-10,17-19,24H,2,11-16H2,1H3,(H,28,33)(H,29,30)(H,31,32). The Kier molecular flexibility index (Phi) is 7.50.